The number of nitriles is 1. The Kier molecular flexibility index (Phi) is 5.03. The molecule has 0 spiro atoms. The van der Waals surface area contributed by atoms with Gasteiger partial charge in [0, 0.05) is 26.4 Å². The summed E-state index contributed by atoms with van der Waals surface area (Å²) in [7, 11) is 2.79. The zero-order chi connectivity index (χ0) is 15.5. The molecular weight excluding hydrogens is 280 g/mol. The predicted octanol–water partition coefficient (Wildman–Crippen LogP) is -0.518. The number of thioether (sulfide) groups is 1. The molecule has 0 aliphatic carbocycles. The van der Waals surface area contributed by atoms with Gasteiger partial charge in [0.25, 0.3) is 5.56 Å². The first-order chi connectivity index (χ1) is 9.25. The molecule has 0 amide bonds. The Balaban J connectivity index is 3.24. The van der Waals surface area contributed by atoms with Crippen molar-refractivity contribution in [2.24, 2.45) is 14.1 Å². The van der Waals surface area contributed by atoms with E-state index in [1.165, 1.54) is 30.4 Å². The van der Waals surface area contributed by atoms with Crippen molar-refractivity contribution in [2.75, 3.05) is 23.9 Å². The second kappa shape index (κ2) is 6.15. The van der Waals surface area contributed by atoms with Crippen LogP contribution >= 0.6 is 11.8 Å². The maximum absolute atomic E-state index is 11.9. The van der Waals surface area contributed by atoms with Gasteiger partial charge in [-0.05, 0) is 13.2 Å². The lowest BCUT2D eigenvalue weighted by Gasteiger charge is -2.24. The highest BCUT2D eigenvalue weighted by atomic mass is 32.2. The molecule has 110 valence electrons. The molecule has 0 aliphatic heterocycles. The first-order valence-corrected chi connectivity index (χ1v) is 7.30. The van der Waals surface area contributed by atoms with Gasteiger partial charge in [0.15, 0.2) is 5.56 Å². The van der Waals surface area contributed by atoms with Crippen LogP contribution in [0.3, 0.4) is 0 Å². The highest BCUT2D eigenvalue weighted by Gasteiger charge is 2.22. The number of rotatable bonds is 5. The maximum atomic E-state index is 11.9. The highest BCUT2D eigenvalue weighted by Crippen LogP contribution is 2.13. The SMILES string of the molecule is CSCC(C)(O)CNc1c(C#N)c(=O)n(C)c(=O)n1C. The van der Waals surface area contributed by atoms with E-state index >= 15 is 0 Å². The van der Waals surface area contributed by atoms with Crippen molar-refractivity contribution in [2.45, 2.75) is 12.5 Å². The molecule has 1 rings (SSSR count). The van der Waals surface area contributed by atoms with Crippen molar-refractivity contribution >= 4 is 17.6 Å². The molecule has 0 saturated carbocycles. The molecule has 1 unspecified atom stereocenters. The van der Waals surface area contributed by atoms with Gasteiger partial charge in [-0.1, -0.05) is 0 Å². The smallest absolute Gasteiger partial charge is 0.332 e. The van der Waals surface area contributed by atoms with E-state index in [0.717, 1.165) is 4.57 Å². The molecule has 2 N–H and O–H groups in total. The third kappa shape index (κ3) is 3.23. The van der Waals surface area contributed by atoms with Crippen LogP contribution in [0.2, 0.25) is 0 Å². The molecule has 0 saturated heterocycles. The number of hydrogen-bond donors (Lipinski definition) is 2. The van der Waals surface area contributed by atoms with Crippen molar-refractivity contribution in [3.05, 3.63) is 26.4 Å². The molecule has 20 heavy (non-hydrogen) atoms. The number of anilines is 1. The molecule has 1 aromatic rings. The first kappa shape index (κ1) is 16.3. The van der Waals surface area contributed by atoms with E-state index in [1.807, 2.05) is 6.26 Å². The standard InChI is InChI=1S/C12H18N4O3S/c1-12(19,7-20-4)6-14-9-8(5-13)10(17)16(3)11(18)15(9)2/h14,19H,6-7H2,1-4H3. The van der Waals surface area contributed by atoms with Crippen LogP contribution in [0.25, 0.3) is 0 Å². The van der Waals surface area contributed by atoms with Crippen LogP contribution in [0.1, 0.15) is 12.5 Å². The fraction of sp³-hybridized carbons (Fsp3) is 0.583. The first-order valence-electron chi connectivity index (χ1n) is 5.90. The van der Waals surface area contributed by atoms with Crippen molar-refractivity contribution in [1.82, 2.24) is 9.13 Å². The second-order valence-corrected chi connectivity index (χ2v) is 5.69. The molecule has 0 aromatic carbocycles. The summed E-state index contributed by atoms with van der Waals surface area (Å²) in [4.78, 5) is 23.7. The summed E-state index contributed by atoms with van der Waals surface area (Å²) in [6.45, 7) is 1.77. The van der Waals surface area contributed by atoms with Gasteiger partial charge in [-0.3, -0.25) is 13.9 Å². The van der Waals surface area contributed by atoms with Crippen molar-refractivity contribution in [3.63, 3.8) is 0 Å². The predicted molar refractivity (Wildman–Crippen MR) is 79.1 cm³/mol. The van der Waals surface area contributed by atoms with Crippen LogP contribution in [-0.4, -0.2) is 38.4 Å². The molecule has 0 aliphatic rings. The monoisotopic (exact) mass is 298 g/mol. The number of aliphatic hydroxyl groups is 1. The molecule has 0 radical (unpaired) electrons. The number of nitrogens with one attached hydrogen (secondary N) is 1. The van der Waals surface area contributed by atoms with E-state index in [4.69, 9.17) is 5.26 Å². The van der Waals surface area contributed by atoms with Gasteiger partial charge in [-0.2, -0.15) is 17.0 Å². The fourth-order valence-corrected chi connectivity index (χ4v) is 2.51. The lowest BCUT2D eigenvalue weighted by Crippen LogP contribution is -2.42. The summed E-state index contributed by atoms with van der Waals surface area (Å²) in [6, 6.07) is 1.80. The fourth-order valence-electron chi connectivity index (χ4n) is 1.79. The minimum Gasteiger partial charge on any atom is -0.387 e. The van der Waals surface area contributed by atoms with Crippen LogP contribution < -0.4 is 16.6 Å². The van der Waals surface area contributed by atoms with E-state index in [2.05, 4.69) is 5.32 Å². The topological polar surface area (TPSA) is 100 Å². The van der Waals surface area contributed by atoms with Gasteiger partial charge in [-0.15, -0.1) is 0 Å². The molecule has 0 fully saturated rings. The largest absolute Gasteiger partial charge is 0.387 e. The Hall–Kier alpha value is -1.72. The van der Waals surface area contributed by atoms with Crippen LogP contribution in [0.15, 0.2) is 9.59 Å². The van der Waals surface area contributed by atoms with Gasteiger partial charge < -0.3 is 10.4 Å². The zero-order valence-electron chi connectivity index (χ0n) is 11.9. The summed E-state index contributed by atoms with van der Waals surface area (Å²) < 4.78 is 2.07. The molecular formula is C12H18N4O3S. The lowest BCUT2D eigenvalue weighted by molar-refractivity contribution is 0.0995. The Morgan fingerprint density at radius 2 is 2.00 bits per heavy atom. The lowest BCUT2D eigenvalue weighted by atomic mass is 10.1. The van der Waals surface area contributed by atoms with E-state index in [0.29, 0.717) is 5.75 Å². The Bertz CT molecular complexity index is 654. The van der Waals surface area contributed by atoms with E-state index in [9.17, 15) is 14.7 Å². The van der Waals surface area contributed by atoms with Crippen LogP contribution in [0.5, 0.6) is 0 Å². The maximum Gasteiger partial charge on any atom is 0.332 e. The van der Waals surface area contributed by atoms with Gasteiger partial charge in [-0.25, -0.2) is 4.79 Å². The minimum absolute atomic E-state index is 0.127. The van der Waals surface area contributed by atoms with Gasteiger partial charge >= 0.3 is 5.69 Å². The summed E-state index contributed by atoms with van der Waals surface area (Å²) in [5.41, 5.74) is -2.33. The second-order valence-electron chi connectivity index (χ2n) is 4.82. The normalized spacial score (nSPS) is 13.6. The Labute approximate surface area is 120 Å². The van der Waals surface area contributed by atoms with Gasteiger partial charge in [0.1, 0.15) is 11.9 Å². The summed E-state index contributed by atoms with van der Waals surface area (Å²) in [6.07, 6.45) is 1.86. The summed E-state index contributed by atoms with van der Waals surface area (Å²) >= 11 is 1.48. The average Bonchev–Trinajstić information content (AvgIpc) is 2.38. The number of hydrogen-bond acceptors (Lipinski definition) is 6. The Morgan fingerprint density at radius 1 is 1.40 bits per heavy atom. The minimum atomic E-state index is -1.01. The zero-order valence-corrected chi connectivity index (χ0v) is 12.7. The van der Waals surface area contributed by atoms with Crippen molar-refractivity contribution in [3.8, 4) is 6.07 Å². The van der Waals surface area contributed by atoms with Crippen molar-refractivity contribution in [1.29, 1.82) is 5.26 Å². The molecule has 1 aromatic heterocycles. The molecule has 0 bridgehead atoms. The van der Waals surface area contributed by atoms with E-state index in [1.54, 1.807) is 13.0 Å². The third-order valence-electron chi connectivity index (χ3n) is 2.87. The molecule has 8 heteroatoms. The quantitative estimate of drug-likeness (QED) is 0.759. The van der Waals surface area contributed by atoms with Gasteiger partial charge in [0.2, 0.25) is 0 Å². The van der Waals surface area contributed by atoms with Gasteiger partial charge in [0.05, 0.1) is 5.60 Å². The average molecular weight is 298 g/mol. The third-order valence-corrected chi connectivity index (χ3v) is 3.78. The number of aromatic nitrogens is 2. The summed E-state index contributed by atoms with van der Waals surface area (Å²) in [5.74, 6) is 0.614. The molecule has 1 atom stereocenters. The number of nitrogens with zero attached hydrogens (tertiary/aromatic N) is 3. The van der Waals surface area contributed by atoms with Crippen LogP contribution in [-0.2, 0) is 14.1 Å². The highest BCUT2D eigenvalue weighted by molar-refractivity contribution is 7.98. The molecule has 7 nitrogen and oxygen atoms in total. The van der Waals surface area contributed by atoms with E-state index in [-0.39, 0.29) is 17.9 Å². The molecule has 1 heterocycles. The van der Waals surface area contributed by atoms with E-state index < -0.39 is 16.9 Å². The van der Waals surface area contributed by atoms with Crippen molar-refractivity contribution < 1.29 is 5.11 Å². The van der Waals surface area contributed by atoms with Crippen LogP contribution in [0, 0.1) is 11.3 Å². The Morgan fingerprint density at radius 3 is 2.50 bits per heavy atom. The van der Waals surface area contributed by atoms with Crippen LogP contribution in [0.4, 0.5) is 5.82 Å². The summed E-state index contributed by atoms with van der Waals surface area (Å²) in [5, 5.41) is 22.0.